The number of hydrogen-bond acceptors (Lipinski definition) is 4. The Morgan fingerprint density at radius 1 is 1.10 bits per heavy atom. The lowest BCUT2D eigenvalue weighted by atomic mass is 9.98. The minimum Gasteiger partial charge on any atom is -0.310 e. The highest BCUT2D eigenvalue weighted by Gasteiger charge is 2.30. The molecule has 0 bridgehead atoms. The van der Waals surface area contributed by atoms with E-state index in [0.29, 0.717) is 13.1 Å². The molecule has 1 rings (SSSR count). The van der Waals surface area contributed by atoms with E-state index < -0.39 is 5.92 Å². The van der Waals surface area contributed by atoms with Crippen LogP contribution in [-0.4, -0.2) is 49.5 Å². The fraction of sp³-hybridized carbons (Fsp3) is 0.438. The molecule has 1 unspecified atom stereocenters. The third kappa shape index (κ3) is 4.79. The quantitative estimate of drug-likeness (QED) is 0.615. The summed E-state index contributed by atoms with van der Waals surface area (Å²) in [6.07, 6.45) is 0. The van der Waals surface area contributed by atoms with Gasteiger partial charge in [-0.15, -0.1) is 0 Å². The van der Waals surface area contributed by atoms with Crippen LogP contribution in [0.5, 0.6) is 0 Å². The minimum absolute atomic E-state index is 0.0817. The number of benzene rings is 1. The number of ketones is 1. The second-order valence-corrected chi connectivity index (χ2v) is 5.36. The van der Waals surface area contributed by atoms with E-state index in [1.807, 2.05) is 49.3 Å². The summed E-state index contributed by atoms with van der Waals surface area (Å²) in [5, 5.41) is 7.71. The zero-order valence-corrected chi connectivity index (χ0v) is 13.1. The van der Waals surface area contributed by atoms with Gasteiger partial charge in [0, 0.05) is 24.5 Å². The van der Waals surface area contributed by atoms with Crippen LogP contribution >= 0.6 is 0 Å². The van der Waals surface area contributed by atoms with Crippen LogP contribution in [0.2, 0.25) is 0 Å². The van der Waals surface area contributed by atoms with Gasteiger partial charge in [0.15, 0.2) is 0 Å². The lowest BCUT2D eigenvalue weighted by Crippen LogP contribution is -2.44. The molecule has 1 amide bonds. The first-order valence-corrected chi connectivity index (χ1v) is 6.91. The van der Waals surface area contributed by atoms with Gasteiger partial charge in [0.05, 0.1) is 0 Å². The molecule has 1 N–H and O–H groups in total. The molecule has 114 valence electrons. The first kappa shape index (κ1) is 17.0. The molecule has 0 fully saturated rings. The highest BCUT2D eigenvalue weighted by molar-refractivity contribution is 6.22. The predicted molar refractivity (Wildman–Crippen MR) is 84.9 cm³/mol. The Hall–Kier alpha value is -2.01. The van der Waals surface area contributed by atoms with Crippen molar-refractivity contribution in [3.8, 4) is 0 Å². The molecule has 0 aliphatic rings. The Labute approximate surface area is 126 Å². The monoisotopic (exact) mass is 289 g/mol. The lowest BCUT2D eigenvalue weighted by Gasteiger charge is -2.27. The Morgan fingerprint density at radius 3 is 2.10 bits per heavy atom. The van der Waals surface area contributed by atoms with E-state index in [-0.39, 0.29) is 17.4 Å². The van der Waals surface area contributed by atoms with Gasteiger partial charge in [-0.25, -0.2) is 0 Å². The van der Waals surface area contributed by atoms with Crippen LogP contribution in [0.3, 0.4) is 0 Å². The summed E-state index contributed by atoms with van der Waals surface area (Å²) in [5.41, 5.74) is 0.829. The van der Waals surface area contributed by atoms with Gasteiger partial charge < -0.3 is 15.2 Å². The average molecular weight is 289 g/mol. The topological polar surface area (TPSA) is 64.5 Å². The second-order valence-electron chi connectivity index (χ2n) is 5.36. The number of nitrogens with zero attached hydrogens (tertiary/aromatic N) is 2. The van der Waals surface area contributed by atoms with Crippen molar-refractivity contribution in [2.45, 2.75) is 13.8 Å². The number of carbonyl (C=O) groups is 2. The molecule has 0 spiro atoms. The van der Waals surface area contributed by atoms with E-state index in [1.165, 1.54) is 13.8 Å². The Balaban J connectivity index is 3.08. The first-order valence-electron chi connectivity index (χ1n) is 6.91. The van der Waals surface area contributed by atoms with E-state index in [9.17, 15) is 9.59 Å². The van der Waals surface area contributed by atoms with E-state index >= 15 is 0 Å². The smallest absolute Gasteiger partial charge is 0.243 e. The highest BCUT2D eigenvalue weighted by Crippen LogP contribution is 2.17. The standard InChI is InChI=1S/C16H23N3O2/c1-12(17)15(13(2)20)16(21)19(11-10-18(3)4)14-8-6-5-7-9-14/h5-9,15,17H,10-11H2,1-4H3. The predicted octanol–water partition coefficient (Wildman–Crippen LogP) is 1.83. The number of Topliss-reactive ketones (excluding diaryl/α,β-unsaturated/α-hetero) is 1. The van der Waals surface area contributed by atoms with E-state index in [0.717, 1.165) is 5.69 Å². The first-order chi connectivity index (χ1) is 9.84. The van der Waals surface area contributed by atoms with Crippen LogP contribution in [0, 0.1) is 11.3 Å². The second kappa shape index (κ2) is 7.69. The Morgan fingerprint density at radius 2 is 1.67 bits per heavy atom. The van der Waals surface area contributed by atoms with Gasteiger partial charge in [-0.05, 0) is 40.1 Å². The number of hydrogen-bond donors (Lipinski definition) is 1. The molecule has 0 saturated heterocycles. The maximum Gasteiger partial charge on any atom is 0.243 e. The Bertz CT molecular complexity index is 498. The summed E-state index contributed by atoms with van der Waals surface area (Å²) >= 11 is 0. The van der Waals surface area contributed by atoms with Gasteiger partial charge in [-0.1, -0.05) is 18.2 Å². The normalized spacial score (nSPS) is 12.0. The summed E-state index contributed by atoms with van der Waals surface area (Å²) < 4.78 is 0. The molecule has 21 heavy (non-hydrogen) atoms. The molecule has 1 atom stereocenters. The largest absolute Gasteiger partial charge is 0.310 e. The third-order valence-corrected chi connectivity index (χ3v) is 3.19. The van der Waals surface area contributed by atoms with Crippen LogP contribution in [-0.2, 0) is 9.59 Å². The van der Waals surface area contributed by atoms with Crippen LogP contribution in [0.4, 0.5) is 5.69 Å². The van der Waals surface area contributed by atoms with Crippen molar-refractivity contribution in [1.82, 2.24) is 4.90 Å². The Kier molecular flexibility index (Phi) is 6.24. The van der Waals surface area contributed by atoms with Crippen molar-refractivity contribution in [2.24, 2.45) is 5.92 Å². The van der Waals surface area contributed by atoms with Crippen LogP contribution in [0.1, 0.15) is 13.8 Å². The van der Waals surface area contributed by atoms with Gasteiger partial charge in [0.25, 0.3) is 0 Å². The molecule has 0 heterocycles. The molecule has 1 aromatic rings. The number of rotatable bonds is 7. The number of likely N-dealkylation sites (N-methyl/N-ethyl adjacent to an activating group) is 1. The summed E-state index contributed by atoms with van der Waals surface area (Å²) in [6.45, 7) is 4.02. The molecule has 5 heteroatoms. The van der Waals surface area contributed by atoms with E-state index in [1.54, 1.807) is 4.90 Å². The number of anilines is 1. The summed E-state index contributed by atoms with van der Waals surface area (Å²) in [6, 6.07) is 9.26. The molecule has 0 saturated carbocycles. The van der Waals surface area contributed by atoms with Crippen molar-refractivity contribution in [3.63, 3.8) is 0 Å². The molecule has 0 radical (unpaired) electrons. The van der Waals surface area contributed by atoms with E-state index in [2.05, 4.69) is 0 Å². The van der Waals surface area contributed by atoms with Crippen molar-refractivity contribution < 1.29 is 9.59 Å². The van der Waals surface area contributed by atoms with Crippen LogP contribution in [0.25, 0.3) is 0 Å². The van der Waals surface area contributed by atoms with E-state index in [4.69, 9.17) is 5.41 Å². The van der Waals surface area contributed by atoms with Crippen LogP contribution < -0.4 is 4.90 Å². The summed E-state index contributed by atoms with van der Waals surface area (Å²) in [5.74, 6) is -1.62. The van der Waals surface area contributed by atoms with Gasteiger partial charge in [0.1, 0.15) is 11.7 Å². The van der Waals surface area contributed by atoms with Crippen molar-refractivity contribution in [2.75, 3.05) is 32.1 Å². The molecule has 1 aromatic carbocycles. The number of para-hydroxylation sites is 1. The molecular weight excluding hydrogens is 266 g/mol. The molecular formula is C16H23N3O2. The molecule has 0 aromatic heterocycles. The third-order valence-electron chi connectivity index (χ3n) is 3.19. The lowest BCUT2D eigenvalue weighted by molar-refractivity contribution is -0.128. The fourth-order valence-corrected chi connectivity index (χ4v) is 2.09. The number of nitrogens with one attached hydrogen (secondary N) is 1. The van der Waals surface area contributed by atoms with Gasteiger partial charge >= 0.3 is 0 Å². The van der Waals surface area contributed by atoms with Crippen molar-refractivity contribution in [1.29, 1.82) is 5.41 Å². The maximum atomic E-state index is 12.7. The molecule has 5 nitrogen and oxygen atoms in total. The van der Waals surface area contributed by atoms with Crippen molar-refractivity contribution in [3.05, 3.63) is 30.3 Å². The van der Waals surface area contributed by atoms with Crippen molar-refractivity contribution >= 4 is 23.1 Å². The highest BCUT2D eigenvalue weighted by atomic mass is 16.2. The molecule has 0 aliphatic carbocycles. The average Bonchev–Trinajstić information content (AvgIpc) is 2.38. The van der Waals surface area contributed by atoms with Crippen LogP contribution in [0.15, 0.2) is 30.3 Å². The maximum absolute atomic E-state index is 12.7. The minimum atomic E-state index is -0.993. The zero-order chi connectivity index (χ0) is 16.0. The van der Waals surface area contributed by atoms with Gasteiger partial charge in [-0.3, -0.25) is 9.59 Å². The zero-order valence-electron chi connectivity index (χ0n) is 13.1. The summed E-state index contributed by atoms with van der Waals surface area (Å²) in [7, 11) is 3.86. The number of carbonyl (C=O) groups excluding carboxylic acids is 2. The SMILES string of the molecule is CC(=N)C(C(C)=O)C(=O)N(CCN(C)C)c1ccccc1. The summed E-state index contributed by atoms with van der Waals surface area (Å²) in [4.78, 5) is 27.9. The van der Waals surface area contributed by atoms with Gasteiger partial charge in [-0.2, -0.15) is 0 Å². The van der Waals surface area contributed by atoms with Gasteiger partial charge in [0.2, 0.25) is 5.91 Å². The molecule has 0 aliphatic heterocycles. The fourth-order valence-electron chi connectivity index (χ4n) is 2.09. The number of amides is 1.